The van der Waals surface area contributed by atoms with Gasteiger partial charge in [-0.15, -0.1) is 0 Å². The van der Waals surface area contributed by atoms with Crippen LogP contribution in [0.2, 0.25) is 0 Å². The van der Waals surface area contributed by atoms with Crippen molar-refractivity contribution in [3.8, 4) is 0 Å². The number of alkyl halides is 3. The molecule has 0 aromatic carbocycles. The van der Waals surface area contributed by atoms with E-state index in [9.17, 15) is 13.2 Å². The van der Waals surface area contributed by atoms with Crippen LogP contribution in [0.4, 0.5) is 13.2 Å². The van der Waals surface area contributed by atoms with E-state index in [1.54, 1.807) is 0 Å². The van der Waals surface area contributed by atoms with Gasteiger partial charge in [-0.3, -0.25) is 4.98 Å². The van der Waals surface area contributed by atoms with Crippen molar-refractivity contribution in [2.75, 3.05) is 0 Å². The number of pyridine rings is 1. The summed E-state index contributed by atoms with van der Waals surface area (Å²) in [6.45, 7) is 3.41. The molecule has 13 heavy (non-hydrogen) atoms. The van der Waals surface area contributed by atoms with Gasteiger partial charge in [0.2, 0.25) is 0 Å². The third kappa shape index (κ3) is 2.57. The molecule has 0 aliphatic heterocycles. The van der Waals surface area contributed by atoms with Crippen LogP contribution in [0, 0.1) is 6.92 Å². The van der Waals surface area contributed by atoms with Gasteiger partial charge in [-0.1, -0.05) is 6.08 Å². The van der Waals surface area contributed by atoms with Gasteiger partial charge in [0, 0.05) is 6.20 Å². The fourth-order valence-corrected chi connectivity index (χ4v) is 0.792. The molecule has 0 saturated heterocycles. The summed E-state index contributed by atoms with van der Waals surface area (Å²) in [5, 5.41) is 0. The summed E-state index contributed by atoms with van der Waals surface area (Å²) in [7, 11) is 0. The van der Waals surface area contributed by atoms with Crippen molar-refractivity contribution < 1.29 is 13.2 Å². The largest absolute Gasteiger partial charge is 0.417 e. The van der Waals surface area contributed by atoms with Crippen molar-refractivity contribution in [1.82, 2.24) is 4.98 Å². The van der Waals surface area contributed by atoms with Crippen LogP contribution in [0.15, 0.2) is 24.4 Å². The Kier molecular flexibility index (Phi) is 2.70. The molecule has 0 aliphatic carbocycles. The van der Waals surface area contributed by atoms with Gasteiger partial charge in [0.25, 0.3) is 0 Å². The fraction of sp³-hybridized carbons (Fsp3) is 0.111. The minimum atomic E-state index is -4.32. The molecule has 0 atom stereocenters. The van der Waals surface area contributed by atoms with E-state index < -0.39 is 11.7 Å². The van der Waals surface area contributed by atoms with E-state index in [2.05, 4.69) is 11.9 Å². The molecule has 1 aromatic heterocycles. The molecule has 0 N–H and O–H groups in total. The molecule has 0 bridgehead atoms. The number of allylic oxidation sites excluding steroid dienone is 1. The highest BCUT2D eigenvalue weighted by atomic mass is 19.4. The number of hydrogen-bond donors (Lipinski definition) is 0. The molecule has 69 valence electrons. The van der Waals surface area contributed by atoms with Crippen molar-refractivity contribution in [2.24, 2.45) is 0 Å². The first-order chi connectivity index (χ1) is 6.04. The molecular formula is C9H7F3N. The molecule has 0 aliphatic rings. The van der Waals surface area contributed by atoms with E-state index in [4.69, 9.17) is 0 Å². The molecule has 1 aromatic rings. The van der Waals surface area contributed by atoms with E-state index in [0.717, 1.165) is 12.3 Å². The summed E-state index contributed by atoms with van der Waals surface area (Å²) in [6, 6.07) is 2.28. The second-order valence-electron chi connectivity index (χ2n) is 2.37. The molecule has 1 radical (unpaired) electrons. The fourth-order valence-electron chi connectivity index (χ4n) is 0.792. The van der Waals surface area contributed by atoms with Crippen molar-refractivity contribution in [3.63, 3.8) is 0 Å². The summed E-state index contributed by atoms with van der Waals surface area (Å²) < 4.78 is 36.1. The quantitative estimate of drug-likeness (QED) is 0.657. The lowest BCUT2D eigenvalue weighted by Crippen LogP contribution is -2.05. The van der Waals surface area contributed by atoms with Crippen LogP contribution >= 0.6 is 0 Å². The SMILES string of the molecule is [CH2]/C=C/c1ccc(C(F)(F)F)cn1. The Bertz CT molecular complexity index is 298. The second-order valence-corrected chi connectivity index (χ2v) is 2.37. The molecule has 4 heteroatoms. The lowest BCUT2D eigenvalue weighted by atomic mass is 10.2. The third-order valence-electron chi connectivity index (χ3n) is 1.40. The standard InChI is InChI=1S/C9H7F3N/c1-2-3-8-5-4-7(6-13-8)9(10,11)12/h2-6H,1H2/b3-2+. The number of aromatic nitrogens is 1. The van der Waals surface area contributed by atoms with Crippen LogP contribution in [-0.2, 0) is 6.18 Å². The number of hydrogen-bond acceptors (Lipinski definition) is 1. The van der Waals surface area contributed by atoms with Crippen molar-refractivity contribution in [3.05, 3.63) is 42.6 Å². The molecule has 1 rings (SSSR count). The maximum Gasteiger partial charge on any atom is 0.417 e. The molecule has 0 unspecified atom stereocenters. The lowest BCUT2D eigenvalue weighted by molar-refractivity contribution is -0.137. The molecular weight excluding hydrogens is 179 g/mol. The van der Waals surface area contributed by atoms with Crippen molar-refractivity contribution >= 4 is 6.08 Å². The van der Waals surface area contributed by atoms with E-state index >= 15 is 0 Å². The maximum atomic E-state index is 12.0. The third-order valence-corrected chi connectivity index (χ3v) is 1.40. The van der Waals surface area contributed by atoms with Crippen LogP contribution < -0.4 is 0 Å². The topological polar surface area (TPSA) is 12.9 Å². The highest BCUT2D eigenvalue weighted by Gasteiger charge is 2.30. The molecule has 0 saturated carbocycles. The van der Waals surface area contributed by atoms with Crippen molar-refractivity contribution in [1.29, 1.82) is 0 Å². The van der Waals surface area contributed by atoms with Gasteiger partial charge in [0.05, 0.1) is 11.3 Å². The monoisotopic (exact) mass is 186 g/mol. The molecule has 0 spiro atoms. The van der Waals surface area contributed by atoms with Gasteiger partial charge in [-0.25, -0.2) is 0 Å². The average Bonchev–Trinajstić information content (AvgIpc) is 2.04. The van der Waals surface area contributed by atoms with Crippen LogP contribution in [0.3, 0.4) is 0 Å². The number of nitrogens with zero attached hydrogens (tertiary/aromatic N) is 1. The molecule has 1 nitrogen and oxygen atoms in total. The first-order valence-electron chi connectivity index (χ1n) is 3.53. The average molecular weight is 186 g/mol. The Morgan fingerprint density at radius 2 is 2.00 bits per heavy atom. The number of rotatable bonds is 1. The first kappa shape index (κ1) is 9.77. The van der Waals surface area contributed by atoms with Gasteiger partial charge in [0.15, 0.2) is 0 Å². The highest BCUT2D eigenvalue weighted by Crippen LogP contribution is 2.28. The lowest BCUT2D eigenvalue weighted by Gasteiger charge is -2.04. The summed E-state index contributed by atoms with van der Waals surface area (Å²) in [4.78, 5) is 3.59. The molecule has 0 fully saturated rings. The van der Waals surface area contributed by atoms with Crippen LogP contribution in [0.1, 0.15) is 11.3 Å². The van der Waals surface area contributed by atoms with Crippen LogP contribution in [-0.4, -0.2) is 4.98 Å². The minimum absolute atomic E-state index is 0.461. The van der Waals surface area contributed by atoms with Gasteiger partial charge in [0.1, 0.15) is 0 Å². The zero-order valence-electron chi connectivity index (χ0n) is 6.67. The first-order valence-corrected chi connectivity index (χ1v) is 3.53. The Morgan fingerprint density at radius 3 is 2.38 bits per heavy atom. The summed E-state index contributed by atoms with van der Waals surface area (Å²) in [6.07, 6.45) is -0.523. The van der Waals surface area contributed by atoms with E-state index in [-0.39, 0.29) is 0 Å². The van der Waals surface area contributed by atoms with Gasteiger partial charge in [-0.2, -0.15) is 13.2 Å². The number of halogens is 3. The van der Waals surface area contributed by atoms with E-state index in [1.807, 2.05) is 0 Å². The molecule has 1 heterocycles. The smallest absolute Gasteiger partial charge is 0.256 e. The van der Waals surface area contributed by atoms with E-state index in [0.29, 0.717) is 5.69 Å². The Labute approximate surface area is 73.9 Å². The maximum absolute atomic E-state index is 12.0. The Hall–Kier alpha value is -1.32. The zero-order chi connectivity index (χ0) is 9.90. The van der Waals surface area contributed by atoms with Gasteiger partial charge < -0.3 is 0 Å². The summed E-state index contributed by atoms with van der Waals surface area (Å²) >= 11 is 0. The van der Waals surface area contributed by atoms with Crippen LogP contribution in [0.25, 0.3) is 6.08 Å². The van der Waals surface area contributed by atoms with Gasteiger partial charge in [-0.05, 0) is 25.1 Å². The van der Waals surface area contributed by atoms with Crippen molar-refractivity contribution in [2.45, 2.75) is 6.18 Å². The minimum Gasteiger partial charge on any atom is -0.256 e. The van der Waals surface area contributed by atoms with Crippen LogP contribution in [0.5, 0.6) is 0 Å². The predicted octanol–water partition coefficient (Wildman–Crippen LogP) is 2.95. The summed E-state index contributed by atoms with van der Waals surface area (Å²) in [5.74, 6) is 0. The Balaban J connectivity index is 2.94. The second kappa shape index (κ2) is 3.60. The highest BCUT2D eigenvalue weighted by molar-refractivity contribution is 5.45. The predicted molar refractivity (Wildman–Crippen MR) is 43.6 cm³/mol. The Morgan fingerprint density at radius 1 is 1.31 bits per heavy atom. The zero-order valence-corrected chi connectivity index (χ0v) is 6.67. The summed E-state index contributed by atoms with van der Waals surface area (Å²) in [5.41, 5.74) is -0.281. The molecule has 0 amide bonds. The van der Waals surface area contributed by atoms with E-state index in [1.165, 1.54) is 18.2 Å². The normalized spacial score (nSPS) is 12.3. The van der Waals surface area contributed by atoms with Gasteiger partial charge >= 0.3 is 6.18 Å².